The van der Waals surface area contributed by atoms with Crippen LogP contribution in [-0.2, 0) is 6.42 Å². The van der Waals surface area contributed by atoms with Gasteiger partial charge in [0, 0.05) is 20.4 Å². The van der Waals surface area contributed by atoms with E-state index in [0.717, 1.165) is 8.95 Å². The maximum atomic E-state index is 13.6. The molecule has 0 amide bonds. The zero-order valence-electron chi connectivity index (χ0n) is 9.71. The fraction of sp³-hybridized carbons (Fsp3) is 0.143. The Hall–Kier alpha value is -0.420. The Morgan fingerprint density at radius 3 is 2.53 bits per heavy atom. The van der Waals surface area contributed by atoms with E-state index in [-0.39, 0.29) is 12.2 Å². The van der Waals surface area contributed by atoms with Gasteiger partial charge in [0.25, 0.3) is 0 Å². The van der Waals surface area contributed by atoms with Crippen LogP contribution in [0.4, 0.5) is 4.39 Å². The summed E-state index contributed by atoms with van der Waals surface area (Å²) in [4.78, 5) is 0. The predicted octanol–water partition coefficient (Wildman–Crippen LogP) is 5.28. The molecular formula is C14H10Br2ClFO. The number of rotatable bonds is 3. The first-order valence-corrected chi connectivity index (χ1v) is 7.50. The van der Waals surface area contributed by atoms with Crippen LogP contribution in [0.1, 0.15) is 17.2 Å². The third kappa shape index (κ3) is 4.02. The van der Waals surface area contributed by atoms with Crippen molar-refractivity contribution in [3.05, 3.63) is 67.3 Å². The molecule has 0 aliphatic heterocycles. The molecule has 0 heterocycles. The molecule has 0 saturated heterocycles. The van der Waals surface area contributed by atoms with Gasteiger partial charge >= 0.3 is 0 Å². The first kappa shape index (κ1) is 15.0. The van der Waals surface area contributed by atoms with Gasteiger partial charge in [-0.05, 0) is 47.5 Å². The highest BCUT2D eigenvalue weighted by atomic mass is 79.9. The van der Waals surface area contributed by atoms with E-state index in [4.69, 9.17) is 11.6 Å². The second-order valence-electron chi connectivity index (χ2n) is 4.16. The van der Waals surface area contributed by atoms with Crippen molar-refractivity contribution in [1.82, 2.24) is 0 Å². The maximum Gasteiger partial charge on any atom is 0.126 e. The molecule has 5 heteroatoms. The zero-order chi connectivity index (χ0) is 14.0. The minimum atomic E-state index is -0.807. The fourth-order valence-corrected chi connectivity index (χ4v) is 3.09. The highest BCUT2D eigenvalue weighted by Crippen LogP contribution is 2.27. The van der Waals surface area contributed by atoms with Crippen molar-refractivity contribution in [2.24, 2.45) is 0 Å². The Bertz CT molecular complexity index is 584. The zero-order valence-corrected chi connectivity index (χ0v) is 13.6. The number of aliphatic hydroxyl groups is 1. The van der Waals surface area contributed by atoms with E-state index >= 15 is 0 Å². The minimum absolute atomic E-state index is 0.193. The van der Waals surface area contributed by atoms with Crippen molar-refractivity contribution in [3.8, 4) is 0 Å². The lowest BCUT2D eigenvalue weighted by atomic mass is 10.0. The molecule has 0 aliphatic rings. The number of hydrogen-bond donors (Lipinski definition) is 1. The lowest BCUT2D eigenvalue weighted by molar-refractivity contribution is 0.177. The number of aliphatic hydroxyl groups excluding tert-OH is 1. The molecule has 0 aliphatic carbocycles. The monoisotopic (exact) mass is 406 g/mol. The van der Waals surface area contributed by atoms with Gasteiger partial charge in [0.15, 0.2) is 0 Å². The van der Waals surface area contributed by atoms with Crippen LogP contribution in [-0.4, -0.2) is 5.11 Å². The molecule has 100 valence electrons. The van der Waals surface area contributed by atoms with Gasteiger partial charge in [0.05, 0.1) is 6.10 Å². The Kier molecular flexibility index (Phi) is 5.01. The first-order chi connectivity index (χ1) is 8.95. The SMILES string of the molecule is OC(Cc1cc(Br)ccc1F)c1cc(Cl)cc(Br)c1. The van der Waals surface area contributed by atoms with Crippen molar-refractivity contribution in [1.29, 1.82) is 0 Å². The van der Waals surface area contributed by atoms with E-state index in [1.807, 2.05) is 0 Å². The molecule has 2 rings (SSSR count). The maximum absolute atomic E-state index is 13.6. The Morgan fingerprint density at radius 2 is 1.84 bits per heavy atom. The summed E-state index contributed by atoms with van der Waals surface area (Å²) in [6.45, 7) is 0. The lowest BCUT2D eigenvalue weighted by Crippen LogP contribution is -2.03. The fourth-order valence-electron chi connectivity index (χ4n) is 1.79. The summed E-state index contributed by atoms with van der Waals surface area (Å²) in [6.07, 6.45) is -0.614. The predicted molar refractivity (Wildman–Crippen MR) is 81.9 cm³/mol. The molecule has 1 nitrogen and oxygen atoms in total. The van der Waals surface area contributed by atoms with Crippen LogP contribution in [0.5, 0.6) is 0 Å². The highest BCUT2D eigenvalue weighted by molar-refractivity contribution is 9.10. The summed E-state index contributed by atoms with van der Waals surface area (Å²) in [5.41, 5.74) is 1.11. The smallest absolute Gasteiger partial charge is 0.126 e. The van der Waals surface area contributed by atoms with Crippen molar-refractivity contribution in [3.63, 3.8) is 0 Å². The molecule has 0 fully saturated rings. The molecule has 2 aromatic carbocycles. The Labute approximate surface area is 132 Å². The summed E-state index contributed by atoms with van der Waals surface area (Å²) in [5, 5.41) is 10.7. The molecule has 0 saturated carbocycles. The van der Waals surface area contributed by atoms with Crippen molar-refractivity contribution >= 4 is 43.5 Å². The summed E-state index contributed by atoms with van der Waals surface area (Å²) in [7, 11) is 0. The second-order valence-corrected chi connectivity index (χ2v) is 6.43. The van der Waals surface area contributed by atoms with Gasteiger partial charge in [-0.1, -0.05) is 43.5 Å². The van der Waals surface area contributed by atoms with Crippen LogP contribution in [0.15, 0.2) is 45.3 Å². The summed E-state index contributed by atoms with van der Waals surface area (Å²) in [6, 6.07) is 9.84. The van der Waals surface area contributed by atoms with Crippen LogP contribution >= 0.6 is 43.5 Å². The topological polar surface area (TPSA) is 20.2 Å². The highest BCUT2D eigenvalue weighted by Gasteiger charge is 2.13. The van der Waals surface area contributed by atoms with E-state index in [0.29, 0.717) is 16.1 Å². The third-order valence-corrected chi connectivity index (χ3v) is 3.86. The van der Waals surface area contributed by atoms with E-state index in [2.05, 4.69) is 31.9 Å². The average molecular weight is 408 g/mol. The molecule has 0 bridgehead atoms. The molecule has 0 spiro atoms. The first-order valence-electron chi connectivity index (χ1n) is 5.53. The standard InChI is InChI=1S/C14H10Br2ClFO/c15-10-1-2-13(18)8(3-10)6-14(19)9-4-11(16)7-12(17)5-9/h1-5,7,14,19H,6H2. The summed E-state index contributed by atoms with van der Waals surface area (Å²) >= 11 is 12.5. The molecule has 19 heavy (non-hydrogen) atoms. The van der Waals surface area contributed by atoms with Gasteiger partial charge < -0.3 is 5.11 Å². The van der Waals surface area contributed by atoms with Crippen molar-refractivity contribution in [2.45, 2.75) is 12.5 Å². The molecule has 1 N–H and O–H groups in total. The lowest BCUT2D eigenvalue weighted by Gasteiger charge is -2.13. The van der Waals surface area contributed by atoms with Crippen LogP contribution in [0, 0.1) is 5.82 Å². The quantitative estimate of drug-likeness (QED) is 0.733. The van der Waals surface area contributed by atoms with Gasteiger partial charge in [-0.3, -0.25) is 0 Å². The van der Waals surface area contributed by atoms with Gasteiger partial charge in [-0.2, -0.15) is 0 Å². The van der Waals surface area contributed by atoms with Gasteiger partial charge in [-0.25, -0.2) is 4.39 Å². The molecule has 0 radical (unpaired) electrons. The molecule has 1 unspecified atom stereocenters. The van der Waals surface area contributed by atoms with Crippen molar-refractivity contribution in [2.75, 3.05) is 0 Å². The Balaban J connectivity index is 2.25. The van der Waals surface area contributed by atoms with E-state index in [1.165, 1.54) is 6.07 Å². The number of halogens is 4. The average Bonchev–Trinajstić information content (AvgIpc) is 2.32. The van der Waals surface area contributed by atoms with Gasteiger partial charge in [0.2, 0.25) is 0 Å². The third-order valence-electron chi connectivity index (χ3n) is 2.69. The molecule has 1 atom stereocenters. The number of hydrogen-bond acceptors (Lipinski definition) is 1. The Morgan fingerprint density at radius 1 is 1.11 bits per heavy atom. The normalized spacial score (nSPS) is 12.5. The van der Waals surface area contributed by atoms with Crippen LogP contribution in [0.2, 0.25) is 5.02 Å². The molecular weight excluding hydrogens is 398 g/mol. The van der Waals surface area contributed by atoms with Gasteiger partial charge in [0.1, 0.15) is 5.82 Å². The van der Waals surface area contributed by atoms with Crippen LogP contribution in [0.25, 0.3) is 0 Å². The van der Waals surface area contributed by atoms with Crippen molar-refractivity contribution < 1.29 is 9.50 Å². The van der Waals surface area contributed by atoms with Crippen LogP contribution in [0.3, 0.4) is 0 Å². The van der Waals surface area contributed by atoms with E-state index in [9.17, 15) is 9.50 Å². The van der Waals surface area contributed by atoms with E-state index < -0.39 is 6.10 Å². The molecule has 2 aromatic rings. The second kappa shape index (κ2) is 6.35. The largest absolute Gasteiger partial charge is 0.388 e. The van der Waals surface area contributed by atoms with Crippen LogP contribution < -0.4 is 0 Å². The number of benzene rings is 2. The molecule has 0 aromatic heterocycles. The summed E-state index contributed by atoms with van der Waals surface area (Å²) < 4.78 is 15.2. The van der Waals surface area contributed by atoms with Gasteiger partial charge in [-0.15, -0.1) is 0 Å². The van der Waals surface area contributed by atoms with E-state index in [1.54, 1.807) is 30.3 Å². The summed E-state index contributed by atoms with van der Waals surface area (Å²) in [5.74, 6) is -0.330. The minimum Gasteiger partial charge on any atom is -0.388 e.